The van der Waals surface area contributed by atoms with E-state index in [-0.39, 0.29) is 29.8 Å². The molecule has 0 amide bonds. The van der Waals surface area contributed by atoms with Crippen LogP contribution in [0.1, 0.15) is 32.6 Å². The maximum absolute atomic E-state index is 13.2. The molecule has 1 heterocycles. The number of benzene rings is 2. The highest BCUT2D eigenvalue weighted by atomic mass is 19.1. The zero-order valence-electron chi connectivity index (χ0n) is 16.5. The summed E-state index contributed by atoms with van der Waals surface area (Å²) in [6.07, 6.45) is 0. The van der Waals surface area contributed by atoms with Gasteiger partial charge >= 0.3 is 0 Å². The first-order chi connectivity index (χ1) is 14.3. The summed E-state index contributed by atoms with van der Waals surface area (Å²) in [6.45, 7) is 2.76. The van der Waals surface area contributed by atoms with Gasteiger partial charge in [0.05, 0.1) is 12.1 Å². The quantitative estimate of drug-likeness (QED) is 0.633. The predicted molar refractivity (Wildman–Crippen MR) is 108 cm³/mol. The van der Waals surface area contributed by atoms with Crippen LogP contribution in [0.4, 0.5) is 4.39 Å². The number of para-hydroxylation sites is 1. The van der Waals surface area contributed by atoms with E-state index in [9.17, 15) is 24.3 Å². The van der Waals surface area contributed by atoms with Crippen molar-refractivity contribution < 1.29 is 19.0 Å². The van der Waals surface area contributed by atoms with E-state index < -0.39 is 23.0 Å². The van der Waals surface area contributed by atoms with E-state index in [2.05, 4.69) is 0 Å². The molecule has 152 valence electrons. The number of hydrogen-bond acceptors (Lipinski definition) is 5. The van der Waals surface area contributed by atoms with Crippen LogP contribution in [-0.4, -0.2) is 22.1 Å². The van der Waals surface area contributed by atoms with Gasteiger partial charge in [0.15, 0.2) is 6.61 Å². The van der Waals surface area contributed by atoms with Crippen molar-refractivity contribution in [1.29, 1.82) is 5.26 Å². The average Bonchev–Trinajstić information content (AvgIpc) is 2.72. The third-order valence-corrected chi connectivity index (χ3v) is 4.79. The number of nitriles is 1. The summed E-state index contributed by atoms with van der Waals surface area (Å²) in [6, 6.07) is 14.3. The van der Waals surface area contributed by atoms with Crippen LogP contribution >= 0.6 is 0 Å². The molecule has 0 atom stereocenters. The summed E-state index contributed by atoms with van der Waals surface area (Å²) in [5, 5.41) is 20.1. The molecular weight excluding hydrogens is 387 g/mol. The number of Topliss-reactive ketones (excluding diaryl/α,β-unsaturated/α-hetero) is 1. The lowest BCUT2D eigenvalue weighted by molar-refractivity contribution is 0.0916. The molecule has 2 aromatic carbocycles. The summed E-state index contributed by atoms with van der Waals surface area (Å²) in [5.74, 6) is -1.05. The van der Waals surface area contributed by atoms with Gasteiger partial charge in [-0.1, -0.05) is 30.3 Å². The molecule has 0 unspecified atom stereocenters. The second-order valence-electron chi connectivity index (χ2n) is 6.81. The van der Waals surface area contributed by atoms with Gasteiger partial charge in [-0.05, 0) is 48.7 Å². The highest BCUT2D eigenvalue weighted by Gasteiger charge is 2.24. The van der Waals surface area contributed by atoms with Crippen LogP contribution in [0.5, 0.6) is 11.6 Å². The number of nitrogens with zero attached hydrogens (tertiary/aromatic N) is 2. The van der Waals surface area contributed by atoms with E-state index in [1.807, 2.05) is 19.1 Å². The van der Waals surface area contributed by atoms with Crippen LogP contribution in [0.25, 0.3) is 0 Å². The molecule has 7 heteroatoms. The van der Waals surface area contributed by atoms with Gasteiger partial charge < -0.3 is 9.84 Å². The smallest absolute Gasteiger partial charge is 0.271 e. The number of halogens is 1. The van der Waals surface area contributed by atoms with E-state index in [1.54, 1.807) is 18.2 Å². The molecular formula is C23H19FN2O4. The Labute approximate surface area is 172 Å². The molecule has 0 aliphatic carbocycles. The van der Waals surface area contributed by atoms with Gasteiger partial charge in [0, 0.05) is 0 Å². The molecule has 0 radical (unpaired) electrons. The third-order valence-electron chi connectivity index (χ3n) is 4.79. The van der Waals surface area contributed by atoms with Crippen molar-refractivity contribution in [3.63, 3.8) is 0 Å². The molecule has 0 aliphatic heterocycles. The van der Waals surface area contributed by atoms with Gasteiger partial charge in [0.1, 0.15) is 23.2 Å². The number of ether oxygens (including phenoxy) is 1. The number of aromatic hydroxyl groups is 1. The minimum Gasteiger partial charge on any atom is -0.494 e. The van der Waals surface area contributed by atoms with Gasteiger partial charge in [-0.2, -0.15) is 5.26 Å². The number of pyridine rings is 1. The molecule has 1 N–H and O–H groups in total. The van der Waals surface area contributed by atoms with Crippen molar-refractivity contribution in [3.8, 4) is 17.7 Å². The van der Waals surface area contributed by atoms with Crippen molar-refractivity contribution in [2.24, 2.45) is 0 Å². The molecule has 30 heavy (non-hydrogen) atoms. The van der Waals surface area contributed by atoms with Crippen LogP contribution in [0.3, 0.4) is 0 Å². The number of carbonyl (C=O) groups excluding carboxylic acids is 1. The maximum Gasteiger partial charge on any atom is 0.271 e. The summed E-state index contributed by atoms with van der Waals surface area (Å²) < 4.78 is 19.7. The molecule has 0 spiro atoms. The Morgan fingerprint density at radius 1 is 1.17 bits per heavy atom. The van der Waals surface area contributed by atoms with Crippen molar-refractivity contribution >= 4 is 5.78 Å². The van der Waals surface area contributed by atoms with Crippen molar-refractivity contribution in [1.82, 2.24) is 4.57 Å². The van der Waals surface area contributed by atoms with Crippen LogP contribution in [0.2, 0.25) is 0 Å². The SMILES string of the molecule is Cc1ccccc1OCC(=O)c1c(C)c(C#N)c(=O)n(Cc2ccc(F)cc2)c1O. The molecule has 3 aromatic rings. The normalized spacial score (nSPS) is 10.5. The van der Waals surface area contributed by atoms with Crippen molar-refractivity contribution in [2.45, 2.75) is 20.4 Å². The minimum absolute atomic E-state index is 0.0914. The van der Waals surface area contributed by atoms with E-state index in [4.69, 9.17) is 4.74 Å². The fourth-order valence-electron chi connectivity index (χ4n) is 3.14. The topological polar surface area (TPSA) is 92.3 Å². The molecule has 0 saturated heterocycles. The Kier molecular flexibility index (Phi) is 5.98. The first-order valence-electron chi connectivity index (χ1n) is 9.16. The van der Waals surface area contributed by atoms with Crippen molar-refractivity contribution in [2.75, 3.05) is 6.61 Å². The first kappa shape index (κ1) is 20.8. The lowest BCUT2D eigenvalue weighted by Crippen LogP contribution is -2.28. The molecule has 1 aromatic heterocycles. The van der Waals surface area contributed by atoms with Gasteiger partial charge in [0.25, 0.3) is 5.56 Å². The molecule has 0 aliphatic rings. The molecule has 0 bridgehead atoms. The molecule has 0 fully saturated rings. The minimum atomic E-state index is -0.729. The Hall–Kier alpha value is -3.92. The van der Waals surface area contributed by atoms with Gasteiger partial charge in [-0.3, -0.25) is 14.2 Å². The summed E-state index contributed by atoms with van der Waals surface area (Å²) in [7, 11) is 0. The average molecular weight is 406 g/mol. The largest absolute Gasteiger partial charge is 0.494 e. The van der Waals surface area contributed by atoms with E-state index >= 15 is 0 Å². The Morgan fingerprint density at radius 2 is 1.83 bits per heavy atom. The summed E-state index contributed by atoms with van der Waals surface area (Å²) >= 11 is 0. The second kappa shape index (κ2) is 8.62. The molecule has 0 saturated carbocycles. The summed E-state index contributed by atoms with van der Waals surface area (Å²) in [5.41, 5.74) is 0.333. The highest BCUT2D eigenvalue weighted by molar-refractivity contribution is 6.01. The van der Waals surface area contributed by atoms with Crippen LogP contribution in [-0.2, 0) is 6.54 Å². The summed E-state index contributed by atoms with van der Waals surface area (Å²) in [4.78, 5) is 25.5. The number of carbonyl (C=O) groups is 1. The standard InChI is InChI=1S/C23H19FN2O4/c1-14-5-3-4-6-20(14)30-13-19(27)21-15(2)18(11-25)22(28)26(23(21)29)12-16-7-9-17(24)10-8-16/h3-10,29H,12-13H2,1-2H3. The van der Waals surface area contributed by atoms with Gasteiger partial charge in [0.2, 0.25) is 11.7 Å². The maximum atomic E-state index is 13.2. The Morgan fingerprint density at radius 3 is 2.47 bits per heavy atom. The number of ketones is 1. The zero-order valence-corrected chi connectivity index (χ0v) is 16.5. The molecule has 3 rings (SSSR count). The number of aryl methyl sites for hydroxylation is 1. The van der Waals surface area contributed by atoms with E-state index in [0.29, 0.717) is 11.3 Å². The highest BCUT2D eigenvalue weighted by Crippen LogP contribution is 2.24. The first-order valence-corrected chi connectivity index (χ1v) is 9.16. The fourth-order valence-corrected chi connectivity index (χ4v) is 3.14. The lowest BCUT2D eigenvalue weighted by Gasteiger charge is -2.16. The van der Waals surface area contributed by atoms with Gasteiger partial charge in [-0.15, -0.1) is 0 Å². The van der Waals surface area contributed by atoms with E-state index in [0.717, 1.165) is 10.1 Å². The van der Waals surface area contributed by atoms with Gasteiger partial charge in [-0.25, -0.2) is 4.39 Å². The Balaban J connectivity index is 2.00. The van der Waals surface area contributed by atoms with Crippen LogP contribution < -0.4 is 10.3 Å². The third kappa shape index (κ3) is 4.08. The van der Waals surface area contributed by atoms with Crippen molar-refractivity contribution in [3.05, 3.63) is 92.5 Å². The second-order valence-corrected chi connectivity index (χ2v) is 6.81. The lowest BCUT2D eigenvalue weighted by atomic mass is 10.0. The Bertz CT molecular complexity index is 1210. The van der Waals surface area contributed by atoms with E-state index in [1.165, 1.54) is 31.2 Å². The van der Waals surface area contributed by atoms with Crippen LogP contribution in [0, 0.1) is 31.0 Å². The number of hydrogen-bond donors (Lipinski definition) is 1. The zero-order chi connectivity index (χ0) is 21.8. The predicted octanol–water partition coefficient (Wildman–Crippen LogP) is 3.49. The van der Waals surface area contributed by atoms with Crippen LogP contribution in [0.15, 0.2) is 53.3 Å². The fraction of sp³-hybridized carbons (Fsp3) is 0.174. The monoisotopic (exact) mass is 406 g/mol. The number of aromatic nitrogens is 1. The number of rotatable bonds is 6. The molecule has 6 nitrogen and oxygen atoms in total.